The van der Waals surface area contributed by atoms with Gasteiger partial charge in [0.15, 0.2) is 11.5 Å². The standard InChI is InChI=1S/C26H28N2O4/c1-4-32-24-11-7-9-19(25(24)29)22-16-21(17-12-14-18(30-2)15-13-17)27-26(28-22)20-8-5-6-10-23(20)31-3/h5-15,22,26,28-29H,4,16H2,1-3H3/t22-,26+/m1/s1. The highest BCUT2D eigenvalue weighted by Crippen LogP contribution is 2.40. The molecular formula is C26H28N2O4. The van der Waals surface area contributed by atoms with Crippen LogP contribution in [0.2, 0.25) is 0 Å². The lowest BCUT2D eigenvalue weighted by Gasteiger charge is -2.31. The molecule has 0 saturated carbocycles. The molecule has 166 valence electrons. The molecule has 3 aromatic carbocycles. The number of methoxy groups -OCH3 is 2. The van der Waals surface area contributed by atoms with Crippen molar-refractivity contribution >= 4 is 5.71 Å². The molecule has 6 heteroatoms. The highest BCUT2D eigenvalue weighted by atomic mass is 16.5. The van der Waals surface area contributed by atoms with E-state index in [1.54, 1.807) is 20.3 Å². The van der Waals surface area contributed by atoms with E-state index in [1.165, 1.54) is 0 Å². The second kappa shape index (κ2) is 9.75. The predicted octanol–water partition coefficient (Wildman–Crippen LogP) is 5.03. The molecular weight excluding hydrogens is 404 g/mol. The summed E-state index contributed by atoms with van der Waals surface area (Å²) in [6.07, 6.45) is 0.276. The second-order valence-electron chi connectivity index (χ2n) is 7.50. The van der Waals surface area contributed by atoms with E-state index in [0.717, 1.165) is 33.9 Å². The monoisotopic (exact) mass is 432 g/mol. The number of benzene rings is 3. The number of nitrogens with zero attached hydrogens (tertiary/aromatic N) is 1. The van der Waals surface area contributed by atoms with Crippen LogP contribution >= 0.6 is 0 Å². The first-order chi connectivity index (χ1) is 15.6. The fraction of sp³-hybridized carbons (Fsp3) is 0.269. The quantitative estimate of drug-likeness (QED) is 0.548. The molecule has 1 aliphatic rings. The zero-order chi connectivity index (χ0) is 22.5. The van der Waals surface area contributed by atoms with Crippen molar-refractivity contribution < 1.29 is 19.3 Å². The molecule has 6 nitrogen and oxygen atoms in total. The summed E-state index contributed by atoms with van der Waals surface area (Å²) < 4.78 is 16.5. The van der Waals surface area contributed by atoms with Gasteiger partial charge in [-0.05, 0) is 48.9 Å². The first kappa shape index (κ1) is 21.7. The van der Waals surface area contributed by atoms with Crippen molar-refractivity contribution in [2.24, 2.45) is 4.99 Å². The van der Waals surface area contributed by atoms with Crippen LogP contribution in [-0.4, -0.2) is 31.6 Å². The normalized spacial score (nSPS) is 18.0. The van der Waals surface area contributed by atoms with Crippen LogP contribution in [0, 0.1) is 0 Å². The van der Waals surface area contributed by atoms with Crippen molar-refractivity contribution in [3.8, 4) is 23.0 Å². The molecule has 0 aromatic heterocycles. The van der Waals surface area contributed by atoms with Crippen LogP contribution in [0.3, 0.4) is 0 Å². The molecule has 4 rings (SSSR count). The van der Waals surface area contributed by atoms with E-state index >= 15 is 0 Å². The average Bonchev–Trinajstić information content (AvgIpc) is 2.85. The van der Waals surface area contributed by atoms with Crippen molar-refractivity contribution in [1.82, 2.24) is 5.32 Å². The third kappa shape index (κ3) is 4.41. The minimum Gasteiger partial charge on any atom is -0.504 e. The Bertz CT molecular complexity index is 1100. The Labute approximate surface area is 188 Å². The van der Waals surface area contributed by atoms with E-state index < -0.39 is 0 Å². The highest BCUT2D eigenvalue weighted by molar-refractivity contribution is 6.01. The third-order valence-electron chi connectivity index (χ3n) is 5.60. The summed E-state index contributed by atoms with van der Waals surface area (Å²) in [6.45, 7) is 2.38. The fourth-order valence-electron chi connectivity index (χ4n) is 4.01. The minimum absolute atomic E-state index is 0.154. The van der Waals surface area contributed by atoms with Gasteiger partial charge in [-0.2, -0.15) is 0 Å². The summed E-state index contributed by atoms with van der Waals surface area (Å²) in [7, 11) is 3.31. The molecule has 32 heavy (non-hydrogen) atoms. The lowest BCUT2D eigenvalue weighted by molar-refractivity contribution is 0.313. The van der Waals surface area contributed by atoms with Gasteiger partial charge in [0.1, 0.15) is 17.7 Å². The van der Waals surface area contributed by atoms with E-state index in [4.69, 9.17) is 19.2 Å². The van der Waals surface area contributed by atoms with Crippen LogP contribution < -0.4 is 19.5 Å². The van der Waals surface area contributed by atoms with Gasteiger partial charge in [-0.1, -0.05) is 30.3 Å². The Kier molecular flexibility index (Phi) is 6.61. The molecule has 0 radical (unpaired) electrons. The van der Waals surface area contributed by atoms with Gasteiger partial charge in [0, 0.05) is 29.3 Å². The van der Waals surface area contributed by atoms with E-state index in [2.05, 4.69) is 5.32 Å². The molecule has 1 heterocycles. The number of aromatic hydroxyl groups is 1. The maximum absolute atomic E-state index is 10.9. The van der Waals surface area contributed by atoms with Gasteiger partial charge in [0.25, 0.3) is 0 Å². The number of phenols is 1. The van der Waals surface area contributed by atoms with Gasteiger partial charge in [-0.15, -0.1) is 0 Å². The van der Waals surface area contributed by atoms with Crippen molar-refractivity contribution in [1.29, 1.82) is 0 Å². The van der Waals surface area contributed by atoms with Crippen molar-refractivity contribution in [2.75, 3.05) is 20.8 Å². The molecule has 0 amide bonds. The van der Waals surface area contributed by atoms with Gasteiger partial charge >= 0.3 is 0 Å². The molecule has 3 aromatic rings. The number of phenolic OH excluding ortho intramolecular Hbond substituents is 1. The van der Waals surface area contributed by atoms with E-state index in [-0.39, 0.29) is 18.0 Å². The smallest absolute Gasteiger partial charge is 0.162 e. The molecule has 0 saturated heterocycles. The Morgan fingerprint density at radius 3 is 2.34 bits per heavy atom. The molecule has 0 aliphatic carbocycles. The van der Waals surface area contributed by atoms with Crippen LogP contribution in [0.5, 0.6) is 23.0 Å². The van der Waals surface area contributed by atoms with Gasteiger partial charge in [-0.25, -0.2) is 0 Å². The van der Waals surface area contributed by atoms with Crippen LogP contribution in [0.15, 0.2) is 71.7 Å². The maximum Gasteiger partial charge on any atom is 0.162 e. The van der Waals surface area contributed by atoms with E-state index in [1.807, 2.05) is 67.6 Å². The highest BCUT2D eigenvalue weighted by Gasteiger charge is 2.29. The molecule has 0 unspecified atom stereocenters. The molecule has 0 fully saturated rings. The molecule has 0 spiro atoms. The van der Waals surface area contributed by atoms with Crippen molar-refractivity contribution in [2.45, 2.75) is 25.6 Å². The minimum atomic E-state index is -0.336. The Balaban J connectivity index is 1.77. The van der Waals surface area contributed by atoms with Crippen LogP contribution in [0.25, 0.3) is 0 Å². The van der Waals surface area contributed by atoms with Crippen LogP contribution in [0.4, 0.5) is 0 Å². The summed E-state index contributed by atoms with van der Waals surface area (Å²) >= 11 is 0. The third-order valence-corrected chi connectivity index (χ3v) is 5.60. The van der Waals surface area contributed by atoms with Crippen LogP contribution in [0.1, 0.15) is 42.2 Å². The predicted molar refractivity (Wildman–Crippen MR) is 125 cm³/mol. The number of aliphatic imine (C=N–C) groups is 1. The summed E-state index contributed by atoms with van der Waals surface area (Å²) in [4.78, 5) is 5.02. The summed E-state index contributed by atoms with van der Waals surface area (Å²) in [5.41, 5.74) is 3.66. The Morgan fingerprint density at radius 2 is 1.62 bits per heavy atom. The first-order valence-corrected chi connectivity index (χ1v) is 10.7. The van der Waals surface area contributed by atoms with Gasteiger partial charge in [0.2, 0.25) is 0 Å². The largest absolute Gasteiger partial charge is 0.504 e. The van der Waals surface area contributed by atoms with Crippen molar-refractivity contribution in [3.05, 3.63) is 83.4 Å². The summed E-state index contributed by atoms with van der Waals surface area (Å²) in [5, 5.41) is 14.5. The van der Waals surface area contributed by atoms with Gasteiger partial charge in [0.05, 0.1) is 20.8 Å². The number of hydrogen-bond acceptors (Lipinski definition) is 6. The Morgan fingerprint density at radius 1 is 0.906 bits per heavy atom. The van der Waals surface area contributed by atoms with E-state index in [9.17, 15) is 5.11 Å². The first-order valence-electron chi connectivity index (χ1n) is 10.7. The maximum atomic E-state index is 10.9. The number of hydrogen-bond donors (Lipinski definition) is 2. The summed E-state index contributed by atoms with van der Waals surface area (Å²) in [5.74, 6) is 2.19. The van der Waals surface area contributed by atoms with Gasteiger partial charge in [-0.3, -0.25) is 10.3 Å². The fourth-order valence-corrected chi connectivity index (χ4v) is 4.01. The lowest BCUT2D eigenvalue weighted by Crippen LogP contribution is -2.33. The number of nitrogens with one attached hydrogen (secondary N) is 1. The summed E-state index contributed by atoms with van der Waals surface area (Å²) in [6, 6.07) is 21.2. The molecule has 1 aliphatic heterocycles. The lowest BCUT2D eigenvalue weighted by atomic mass is 9.93. The molecule has 2 atom stereocenters. The van der Waals surface area contributed by atoms with Gasteiger partial charge < -0.3 is 19.3 Å². The van der Waals surface area contributed by atoms with Crippen molar-refractivity contribution in [3.63, 3.8) is 0 Å². The topological polar surface area (TPSA) is 72.3 Å². The number of rotatable bonds is 7. The van der Waals surface area contributed by atoms with E-state index in [0.29, 0.717) is 18.8 Å². The molecule has 0 bridgehead atoms. The number of para-hydroxylation sites is 2. The SMILES string of the molecule is CCOc1cccc([C@H]2CC(c3ccc(OC)cc3)=N[C@H](c3ccccc3OC)N2)c1O. The number of ether oxygens (including phenoxy) is 3. The second-order valence-corrected chi connectivity index (χ2v) is 7.50. The van der Waals surface area contributed by atoms with Crippen LogP contribution in [-0.2, 0) is 0 Å². The zero-order valence-corrected chi connectivity index (χ0v) is 18.5. The zero-order valence-electron chi connectivity index (χ0n) is 18.5. The average molecular weight is 433 g/mol. The Hall–Kier alpha value is -3.51. The molecule has 2 N–H and O–H groups in total.